The van der Waals surface area contributed by atoms with Gasteiger partial charge in [0.25, 0.3) is 0 Å². The smallest absolute Gasteiger partial charge is 0.335 e. The quantitative estimate of drug-likeness (QED) is 0.351. The first-order valence-electron chi connectivity index (χ1n) is 14.3. The molecule has 1 N–H and O–H groups in total. The Morgan fingerprint density at radius 2 is 1.68 bits per heavy atom. The van der Waals surface area contributed by atoms with Crippen LogP contribution in [0.2, 0.25) is 5.02 Å². The van der Waals surface area contributed by atoms with E-state index in [1.54, 1.807) is 24.5 Å². The summed E-state index contributed by atoms with van der Waals surface area (Å²) < 4.78 is 5.66. The molecule has 1 aliphatic carbocycles. The highest BCUT2D eigenvalue weighted by Gasteiger charge is 2.45. The lowest BCUT2D eigenvalue weighted by Crippen LogP contribution is -2.47. The van der Waals surface area contributed by atoms with E-state index < -0.39 is 5.97 Å². The second-order valence-corrected chi connectivity index (χ2v) is 11.6. The van der Waals surface area contributed by atoms with E-state index in [9.17, 15) is 9.59 Å². The minimum absolute atomic E-state index is 0.0274. The molecular weight excluding hydrogens is 542 g/mol. The summed E-state index contributed by atoms with van der Waals surface area (Å²) >= 11 is 6.36. The molecule has 0 spiro atoms. The number of carboxylic acids is 1. The van der Waals surface area contributed by atoms with Gasteiger partial charge < -0.3 is 19.6 Å². The number of urea groups is 1. The van der Waals surface area contributed by atoms with Gasteiger partial charge in [0.2, 0.25) is 0 Å². The van der Waals surface area contributed by atoms with Gasteiger partial charge in [-0.1, -0.05) is 36.6 Å². The zero-order chi connectivity index (χ0) is 28.3. The average molecular weight is 576 g/mol. The highest BCUT2D eigenvalue weighted by atomic mass is 35.5. The summed E-state index contributed by atoms with van der Waals surface area (Å²) in [5, 5.41) is 9.75. The van der Waals surface area contributed by atoms with E-state index in [-0.39, 0.29) is 29.7 Å². The van der Waals surface area contributed by atoms with Crippen molar-refractivity contribution < 1.29 is 19.4 Å². The van der Waals surface area contributed by atoms with Crippen LogP contribution in [-0.4, -0.2) is 73.5 Å². The summed E-state index contributed by atoms with van der Waals surface area (Å²) in [5.41, 5.74) is 2.29. The Labute approximate surface area is 244 Å². The van der Waals surface area contributed by atoms with E-state index in [0.29, 0.717) is 16.8 Å². The third kappa shape index (κ3) is 6.16. The van der Waals surface area contributed by atoms with Gasteiger partial charge in [0.05, 0.1) is 11.6 Å². The molecule has 3 fully saturated rings. The van der Waals surface area contributed by atoms with Crippen molar-refractivity contribution >= 4 is 23.6 Å². The molecule has 2 aromatic carbocycles. The number of nitrogens with zero attached hydrogens (tertiary/aromatic N) is 5. The Bertz CT molecular complexity index is 1370. The van der Waals surface area contributed by atoms with Crippen molar-refractivity contribution in [2.45, 2.75) is 63.2 Å². The van der Waals surface area contributed by atoms with Crippen molar-refractivity contribution in [3.63, 3.8) is 0 Å². The largest absolute Gasteiger partial charge is 0.478 e. The SMILES string of the molecule is O=C(O)c1ccc(Oc2ncc(CN3CCC(N4C(=O)N(C5CCCC5)CC4c4cccc(Cl)c4)CC3)cn2)cc1. The lowest BCUT2D eigenvalue weighted by Gasteiger charge is -2.39. The van der Waals surface area contributed by atoms with E-state index >= 15 is 0 Å². The maximum atomic E-state index is 13.8. The van der Waals surface area contributed by atoms with Crippen LogP contribution in [0.15, 0.2) is 60.9 Å². The predicted molar refractivity (Wildman–Crippen MR) is 154 cm³/mol. The number of halogens is 1. The number of rotatable bonds is 8. The number of piperidine rings is 1. The molecule has 41 heavy (non-hydrogen) atoms. The Balaban J connectivity index is 1.07. The van der Waals surface area contributed by atoms with Crippen LogP contribution in [-0.2, 0) is 6.54 Å². The number of carboxylic acid groups (broad SMARTS) is 1. The molecule has 2 aliphatic heterocycles. The normalized spacial score (nSPS) is 20.6. The number of likely N-dealkylation sites (tertiary alicyclic amines) is 1. The molecule has 0 radical (unpaired) electrons. The first kappa shape index (κ1) is 27.5. The van der Waals surface area contributed by atoms with Crippen LogP contribution in [0, 0.1) is 0 Å². The Morgan fingerprint density at radius 1 is 0.976 bits per heavy atom. The summed E-state index contributed by atoms with van der Waals surface area (Å²) in [6, 6.07) is 15.1. The minimum atomic E-state index is -0.986. The fraction of sp³-hybridized carbons (Fsp3) is 0.419. The molecular formula is C31H34ClN5O4. The average Bonchev–Trinajstić information content (AvgIpc) is 3.63. The molecule has 1 saturated carbocycles. The molecule has 10 heteroatoms. The van der Waals surface area contributed by atoms with Gasteiger partial charge in [-0.25, -0.2) is 19.6 Å². The molecule has 3 heterocycles. The second-order valence-electron chi connectivity index (χ2n) is 11.2. The first-order valence-corrected chi connectivity index (χ1v) is 14.7. The molecule has 6 rings (SSSR count). The lowest BCUT2D eigenvalue weighted by molar-refractivity contribution is 0.0696. The van der Waals surface area contributed by atoms with Crippen molar-refractivity contribution in [2.24, 2.45) is 0 Å². The molecule has 9 nitrogen and oxygen atoms in total. The van der Waals surface area contributed by atoms with Crippen molar-refractivity contribution in [1.29, 1.82) is 0 Å². The summed E-state index contributed by atoms with van der Waals surface area (Å²) in [7, 11) is 0. The minimum Gasteiger partial charge on any atom is -0.478 e. The van der Waals surface area contributed by atoms with Gasteiger partial charge in [-0.3, -0.25) is 4.90 Å². The molecule has 1 atom stereocenters. The van der Waals surface area contributed by atoms with E-state index in [2.05, 4.69) is 30.7 Å². The summed E-state index contributed by atoms with van der Waals surface area (Å²) in [4.78, 5) is 40.2. The summed E-state index contributed by atoms with van der Waals surface area (Å²) in [6.07, 6.45) is 9.95. The molecule has 1 aromatic heterocycles. The Kier molecular flexibility index (Phi) is 8.07. The van der Waals surface area contributed by atoms with E-state index in [1.807, 2.05) is 18.2 Å². The topological polar surface area (TPSA) is 99.1 Å². The monoisotopic (exact) mass is 575 g/mol. The van der Waals surface area contributed by atoms with Gasteiger partial charge in [-0.2, -0.15) is 0 Å². The number of aromatic nitrogens is 2. The standard InChI is InChI=1S/C31H34ClN5O4/c32-24-5-3-4-23(16-24)28-20-36(25-6-1-2-7-25)31(40)37(28)26-12-14-35(15-13-26)19-21-17-33-30(34-18-21)41-27-10-8-22(9-11-27)29(38)39/h3-5,8-11,16-18,25-26,28H,1-2,6-7,12-15,19-20H2,(H,38,39). The number of aromatic carboxylic acids is 1. The van der Waals surface area contributed by atoms with Crippen molar-refractivity contribution in [3.8, 4) is 11.8 Å². The van der Waals surface area contributed by atoms with E-state index in [1.165, 1.54) is 25.0 Å². The van der Waals surface area contributed by atoms with Crippen LogP contribution in [0.3, 0.4) is 0 Å². The van der Waals surface area contributed by atoms with Crippen LogP contribution < -0.4 is 4.74 Å². The van der Waals surface area contributed by atoms with Gasteiger partial charge in [0, 0.05) is 61.2 Å². The van der Waals surface area contributed by atoms with Crippen LogP contribution in [0.4, 0.5) is 4.79 Å². The number of benzene rings is 2. The van der Waals surface area contributed by atoms with Gasteiger partial charge in [-0.15, -0.1) is 0 Å². The fourth-order valence-corrected chi connectivity index (χ4v) is 6.61. The predicted octanol–water partition coefficient (Wildman–Crippen LogP) is 6.01. The zero-order valence-corrected chi connectivity index (χ0v) is 23.6. The number of amides is 2. The highest BCUT2D eigenvalue weighted by molar-refractivity contribution is 6.30. The van der Waals surface area contributed by atoms with E-state index in [4.69, 9.17) is 21.4 Å². The van der Waals surface area contributed by atoms with Crippen molar-refractivity contribution in [1.82, 2.24) is 24.7 Å². The number of carbonyl (C=O) groups excluding carboxylic acids is 1. The van der Waals surface area contributed by atoms with Gasteiger partial charge >= 0.3 is 18.0 Å². The second kappa shape index (κ2) is 12.0. The molecule has 2 saturated heterocycles. The Morgan fingerprint density at radius 3 is 2.34 bits per heavy atom. The number of carbonyl (C=O) groups is 2. The van der Waals surface area contributed by atoms with E-state index in [0.717, 1.165) is 63.0 Å². The number of ether oxygens (including phenoxy) is 1. The summed E-state index contributed by atoms with van der Waals surface area (Å²) in [5.74, 6) is -0.510. The number of hydrogen-bond donors (Lipinski definition) is 1. The third-order valence-corrected chi connectivity index (χ3v) is 8.75. The number of hydrogen-bond acceptors (Lipinski definition) is 6. The maximum Gasteiger partial charge on any atom is 0.335 e. The van der Waals surface area contributed by atoms with Gasteiger partial charge in [0.1, 0.15) is 5.75 Å². The molecule has 3 aliphatic rings. The molecule has 3 aromatic rings. The van der Waals surface area contributed by atoms with Crippen molar-refractivity contribution in [3.05, 3.63) is 82.6 Å². The van der Waals surface area contributed by atoms with Gasteiger partial charge in [-0.05, 0) is 67.6 Å². The first-order chi connectivity index (χ1) is 19.9. The highest BCUT2D eigenvalue weighted by Crippen LogP contribution is 2.39. The lowest BCUT2D eigenvalue weighted by atomic mass is 9.99. The molecule has 0 bridgehead atoms. The molecule has 1 unspecified atom stereocenters. The molecule has 2 amide bonds. The maximum absolute atomic E-state index is 13.8. The van der Waals surface area contributed by atoms with Crippen LogP contribution in [0.5, 0.6) is 11.8 Å². The van der Waals surface area contributed by atoms with Crippen LogP contribution in [0.25, 0.3) is 0 Å². The zero-order valence-electron chi connectivity index (χ0n) is 22.9. The van der Waals surface area contributed by atoms with Crippen LogP contribution in [0.1, 0.15) is 66.1 Å². The third-order valence-electron chi connectivity index (χ3n) is 8.52. The Hall–Kier alpha value is -3.69. The molecule has 214 valence electrons. The van der Waals surface area contributed by atoms with Crippen molar-refractivity contribution in [2.75, 3.05) is 19.6 Å². The van der Waals surface area contributed by atoms with Crippen LogP contribution >= 0.6 is 11.6 Å². The van der Waals surface area contributed by atoms with Gasteiger partial charge in [0.15, 0.2) is 0 Å². The fourth-order valence-electron chi connectivity index (χ4n) is 6.41. The summed E-state index contributed by atoms with van der Waals surface area (Å²) in [6.45, 7) is 3.22.